The maximum atomic E-state index is 12.6. The van der Waals surface area contributed by atoms with E-state index < -0.39 is 10.9 Å². The lowest BCUT2D eigenvalue weighted by atomic mass is 10.0. The Morgan fingerprint density at radius 2 is 1.89 bits per heavy atom. The Labute approximate surface area is 161 Å². The van der Waals surface area contributed by atoms with Gasteiger partial charge in [0.25, 0.3) is 5.69 Å². The fraction of sp³-hybridized carbons (Fsp3) is 0.368. The summed E-state index contributed by atoms with van der Waals surface area (Å²) in [5.74, 6) is -0.520. The van der Waals surface area contributed by atoms with Crippen LogP contribution in [0.15, 0.2) is 24.3 Å². The van der Waals surface area contributed by atoms with Crippen molar-refractivity contribution in [2.75, 3.05) is 11.9 Å². The highest BCUT2D eigenvalue weighted by Gasteiger charge is 2.26. The van der Waals surface area contributed by atoms with Crippen LogP contribution in [0.5, 0.6) is 0 Å². The molecule has 2 aromatic rings. The topological polar surface area (TPSA) is 98.5 Å². The number of ether oxygens (including phenoxy) is 1. The fourth-order valence-corrected chi connectivity index (χ4v) is 3.76. The quantitative estimate of drug-likeness (QED) is 0.416. The highest BCUT2D eigenvalue weighted by molar-refractivity contribution is 7.17. The van der Waals surface area contributed by atoms with Gasteiger partial charge in [0, 0.05) is 29.0 Å². The molecule has 0 bridgehead atoms. The van der Waals surface area contributed by atoms with E-state index in [9.17, 15) is 19.7 Å². The van der Waals surface area contributed by atoms with Crippen molar-refractivity contribution >= 4 is 33.9 Å². The predicted octanol–water partition coefficient (Wildman–Crippen LogP) is 4.79. The van der Waals surface area contributed by atoms with Crippen LogP contribution in [0.2, 0.25) is 0 Å². The van der Waals surface area contributed by atoms with E-state index in [1.807, 2.05) is 20.8 Å². The molecule has 2 rings (SSSR count). The Morgan fingerprint density at radius 3 is 2.41 bits per heavy atom. The fourth-order valence-electron chi connectivity index (χ4n) is 2.68. The normalized spacial score (nSPS) is 10.7. The summed E-state index contributed by atoms with van der Waals surface area (Å²) in [6, 6.07) is 5.96. The number of nitro benzene ring substituents is 1. The van der Waals surface area contributed by atoms with Gasteiger partial charge in [-0.1, -0.05) is 13.8 Å². The molecule has 0 fully saturated rings. The van der Waals surface area contributed by atoms with E-state index in [1.165, 1.54) is 23.5 Å². The molecule has 0 unspecified atom stereocenters. The van der Waals surface area contributed by atoms with Gasteiger partial charge in [-0.2, -0.15) is 0 Å². The molecule has 7 nitrogen and oxygen atoms in total. The van der Waals surface area contributed by atoms with Crippen LogP contribution >= 0.6 is 11.3 Å². The Morgan fingerprint density at radius 1 is 1.26 bits per heavy atom. The van der Waals surface area contributed by atoms with Gasteiger partial charge in [0.2, 0.25) is 5.91 Å². The average Bonchev–Trinajstić information content (AvgIpc) is 2.90. The van der Waals surface area contributed by atoms with Gasteiger partial charge in [-0.15, -0.1) is 11.3 Å². The molecule has 1 heterocycles. The standard InChI is InChI=1S/C19H22N2O5S/c1-5-26-19(23)17-16(13-6-8-14(9-7-13)21(24)25)12(4)27-18(17)20-15(22)10-11(2)3/h6-9,11H,5,10H2,1-4H3,(H,20,22). The van der Waals surface area contributed by atoms with Crippen molar-refractivity contribution < 1.29 is 19.2 Å². The molecule has 0 aliphatic rings. The Balaban J connectivity index is 2.51. The third kappa shape index (κ3) is 4.91. The summed E-state index contributed by atoms with van der Waals surface area (Å²) in [7, 11) is 0. The summed E-state index contributed by atoms with van der Waals surface area (Å²) in [4.78, 5) is 36.0. The van der Waals surface area contributed by atoms with Gasteiger partial charge in [-0.3, -0.25) is 14.9 Å². The van der Waals surface area contributed by atoms with Gasteiger partial charge >= 0.3 is 5.97 Å². The molecule has 0 saturated carbocycles. The SMILES string of the molecule is CCOC(=O)c1c(NC(=O)CC(C)C)sc(C)c1-c1ccc([N+](=O)[O-])cc1. The van der Waals surface area contributed by atoms with Crippen LogP contribution < -0.4 is 5.32 Å². The number of amides is 1. The molecule has 1 aromatic carbocycles. The second-order valence-corrected chi connectivity index (χ2v) is 7.63. The molecular weight excluding hydrogens is 368 g/mol. The summed E-state index contributed by atoms with van der Waals surface area (Å²) >= 11 is 1.29. The van der Waals surface area contributed by atoms with E-state index in [1.54, 1.807) is 19.1 Å². The lowest BCUT2D eigenvalue weighted by Crippen LogP contribution is -2.16. The minimum atomic E-state index is -0.532. The highest BCUT2D eigenvalue weighted by atomic mass is 32.1. The first-order valence-corrected chi connectivity index (χ1v) is 9.41. The number of thiophene rings is 1. The van der Waals surface area contributed by atoms with Crippen molar-refractivity contribution in [2.45, 2.75) is 34.1 Å². The van der Waals surface area contributed by atoms with Gasteiger partial charge in [0.05, 0.1) is 11.5 Å². The van der Waals surface area contributed by atoms with Crippen LogP contribution in [0.4, 0.5) is 10.7 Å². The molecule has 1 amide bonds. The smallest absolute Gasteiger partial charge is 0.341 e. The van der Waals surface area contributed by atoms with Crippen molar-refractivity contribution in [3.63, 3.8) is 0 Å². The number of hydrogen-bond donors (Lipinski definition) is 1. The van der Waals surface area contributed by atoms with Crippen LogP contribution in [-0.2, 0) is 9.53 Å². The number of non-ortho nitro benzene ring substituents is 1. The molecule has 0 spiro atoms. The number of nitrogens with zero attached hydrogens (tertiary/aromatic N) is 1. The number of hydrogen-bond acceptors (Lipinski definition) is 6. The van der Waals surface area contributed by atoms with Crippen molar-refractivity contribution in [1.29, 1.82) is 0 Å². The summed E-state index contributed by atoms with van der Waals surface area (Å²) in [5, 5.41) is 14.1. The molecule has 144 valence electrons. The Hall–Kier alpha value is -2.74. The molecule has 0 saturated heterocycles. The van der Waals surface area contributed by atoms with Gasteiger partial charge < -0.3 is 10.1 Å². The molecule has 0 radical (unpaired) electrons. The number of carbonyl (C=O) groups excluding carboxylic acids is 2. The molecule has 0 aliphatic carbocycles. The van der Waals surface area contributed by atoms with E-state index in [4.69, 9.17) is 4.74 Å². The maximum Gasteiger partial charge on any atom is 0.341 e. The first-order valence-electron chi connectivity index (χ1n) is 8.59. The van der Waals surface area contributed by atoms with E-state index >= 15 is 0 Å². The molecule has 1 aromatic heterocycles. The molecule has 27 heavy (non-hydrogen) atoms. The average molecular weight is 390 g/mol. The van der Waals surface area contributed by atoms with Crippen molar-refractivity contribution in [3.8, 4) is 11.1 Å². The summed E-state index contributed by atoms with van der Waals surface area (Å²) in [5.41, 5.74) is 1.52. The minimum absolute atomic E-state index is 0.0326. The predicted molar refractivity (Wildman–Crippen MR) is 105 cm³/mol. The molecule has 8 heteroatoms. The van der Waals surface area contributed by atoms with Crippen LogP contribution in [0.25, 0.3) is 11.1 Å². The Bertz CT molecular complexity index is 856. The second-order valence-electron chi connectivity index (χ2n) is 6.41. The first-order chi connectivity index (χ1) is 12.7. The lowest BCUT2D eigenvalue weighted by Gasteiger charge is -2.10. The highest BCUT2D eigenvalue weighted by Crippen LogP contribution is 2.41. The van der Waals surface area contributed by atoms with Gasteiger partial charge in [0.1, 0.15) is 10.6 Å². The van der Waals surface area contributed by atoms with Crippen LogP contribution in [0, 0.1) is 23.0 Å². The minimum Gasteiger partial charge on any atom is -0.462 e. The van der Waals surface area contributed by atoms with E-state index in [2.05, 4.69) is 5.32 Å². The monoisotopic (exact) mass is 390 g/mol. The number of carbonyl (C=O) groups is 2. The number of rotatable bonds is 7. The largest absolute Gasteiger partial charge is 0.462 e. The summed E-state index contributed by atoms with van der Waals surface area (Å²) in [6.45, 7) is 7.62. The number of benzene rings is 1. The molecular formula is C19H22N2O5S. The summed E-state index contributed by atoms with van der Waals surface area (Å²) < 4.78 is 5.18. The lowest BCUT2D eigenvalue weighted by molar-refractivity contribution is -0.384. The van der Waals surface area contributed by atoms with Crippen molar-refractivity contribution in [1.82, 2.24) is 0 Å². The first kappa shape index (κ1) is 20.6. The van der Waals surface area contributed by atoms with Crippen LogP contribution in [0.1, 0.15) is 42.4 Å². The molecule has 0 aliphatic heterocycles. The van der Waals surface area contributed by atoms with Crippen molar-refractivity contribution in [2.24, 2.45) is 5.92 Å². The van der Waals surface area contributed by atoms with Gasteiger partial charge in [-0.05, 0) is 37.5 Å². The number of anilines is 1. The number of nitro groups is 1. The maximum absolute atomic E-state index is 12.6. The third-order valence-corrected chi connectivity index (χ3v) is 4.80. The summed E-state index contributed by atoms with van der Waals surface area (Å²) in [6.07, 6.45) is 0.339. The van der Waals surface area contributed by atoms with Gasteiger partial charge in [-0.25, -0.2) is 4.79 Å². The van der Waals surface area contributed by atoms with E-state index in [-0.39, 0.29) is 29.7 Å². The number of esters is 1. The zero-order valence-electron chi connectivity index (χ0n) is 15.7. The molecule has 0 atom stereocenters. The second kappa shape index (κ2) is 8.77. The van der Waals surface area contributed by atoms with E-state index in [0.717, 1.165) is 4.88 Å². The Kier molecular flexibility index (Phi) is 6.68. The molecule has 1 N–H and O–H groups in total. The van der Waals surface area contributed by atoms with Crippen LogP contribution in [-0.4, -0.2) is 23.4 Å². The van der Waals surface area contributed by atoms with Crippen molar-refractivity contribution in [3.05, 3.63) is 44.8 Å². The van der Waals surface area contributed by atoms with Gasteiger partial charge in [0.15, 0.2) is 0 Å². The van der Waals surface area contributed by atoms with E-state index in [0.29, 0.717) is 22.5 Å². The van der Waals surface area contributed by atoms with Crippen LogP contribution in [0.3, 0.4) is 0 Å². The third-order valence-electron chi connectivity index (χ3n) is 3.78. The zero-order valence-corrected chi connectivity index (χ0v) is 16.5. The zero-order chi connectivity index (χ0) is 20.1. The number of aryl methyl sites for hydroxylation is 1. The number of nitrogens with one attached hydrogen (secondary N) is 1.